The molecule has 0 radical (unpaired) electrons. The second kappa shape index (κ2) is 6.01. The van der Waals surface area contributed by atoms with Crippen LogP contribution in [0.5, 0.6) is 0 Å². The molecule has 1 atom stereocenters. The van der Waals surface area contributed by atoms with Crippen LogP contribution in [0.2, 0.25) is 0 Å². The first-order valence-corrected chi connectivity index (χ1v) is 8.52. The molecule has 0 aliphatic carbocycles. The number of imidazole rings is 1. The van der Waals surface area contributed by atoms with Gasteiger partial charge < -0.3 is 14.2 Å². The van der Waals surface area contributed by atoms with E-state index in [1.54, 1.807) is 0 Å². The molecule has 4 rings (SSSR count). The first kappa shape index (κ1) is 14.2. The smallest absolute Gasteiger partial charge is 0.112 e. The molecule has 0 bridgehead atoms. The summed E-state index contributed by atoms with van der Waals surface area (Å²) in [6, 6.07) is 8.46. The van der Waals surface area contributed by atoms with Crippen LogP contribution in [0.25, 0.3) is 11.0 Å². The Bertz CT molecular complexity index is 637. The van der Waals surface area contributed by atoms with E-state index in [1.165, 1.54) is 50.2 Å². The fraction of sp³-hybridized carbons (Fsp3) is 0.611. The number of hydrogen-bond donors (Lipinski definition) is 0. The molecule has 0 unspecified atom stereocenters. The number of piperidine rings is 1. The molecule has 4 heteroatoms. The summed E-state index contributed by atoms with van der Waals surface area (Å²) in [4.78, 5) is 7.51. The number of ether oxygens (including phenoxy) is 1. The third-order valence-electron chi connectivity index (χ3n) is 5.31. The van der Waals surface area contributed by atoms with Crippen LogP contribution in [0.3, 0.4) is 0 Å². The standard InChI is InChI=1S/C18H25N3O/c1-20-17-5-3-2-4-16(17)19-18(20)15-6-9-21(10-7-15)12-14-8-11-22-13-14/h2-5,14-15H,6-13H2,1H3/t14-/m1/s1. The summed E-state index contributed by atoms with van der Waals surface area (Å²) >= 11 is 0. The topological polar surface area (TPSA) is 30.3 Å². The maximum Gasteiger partial charge on any atom is 0.112 e. The maximum atomic E-state index is 5.50. The predicted molar refractivity (Wildman–Crippen MR) is 88.1 cm³/mol. The number of likely N-dealkylation sites (tertiary alicyclic amines) is 1. The van der Waals surface area contributed by atoms with Crippen molar-refractivity contribution in [1.82, 2.24) is 14.5 Å². The third-order valence-corrected chi connectivity index (χ3v) is 5.31. The Morgan fingerprint density at radius 2 is 2.00 bits per heavy atom. The number of aryl methyl sites for hydroxylation is 1. The molecule has 1 aromatic heterocycles. The third kappa shape index (κ3) is 2.66. The zero-order valence-electron chi connectivity index (χ0n) is 13.4. The van der Waals surface area contributed by atoms with Gasteiger partial charge in [0.15, 0.2) is 0 Å². The summed E-state index contributed by atoms with van der Waals surface area (Å²) in [6.07, 6.45) is 3.69. The highest BCUT2D eigenvalue weighted by atomic mass is 16.5. The zero-order chi connectivity index (χ0) is 14.9. The van der Waals surface area contributed by atoms with Gasteiger partial charge in [-0.25, -0.2) is 4.98 Å². The van der Waals surface area contributed by atoms with Gasteiger partial charge in [-0.3, -0.25) is 0 Å². The molecule has 3 heterocycles. The van der Waals surface area contributed by atoms with Crippen molar-refractivity contribution in [2.24, 2.45) is 13.0 Å². The van der Waals surface area contributed by atoms with Crippen LogP contribution < -0.4 is 0 Å². The monoisotopic (exact) mass is 299 g/mol. The molecule has 2 saturated heterocycles. The van der Waals surface area contributed by atoms with Gasteiger partial charge in [0.2, 0.25) is 0 Å². The molecule has 2 aromatic rings. The second-order valence-corrected chi connectivity index (χ2v) is 6.82. The molecule has 118 valence electrons. The van der Waals surface area contributed by atoms with Gasteiger partial charge in [-0.2, -0.15) is 0 Å². The highest BCUT2D eigenvalue weighted by Crippen LogP contribution is 2.30. The number of para-hydroxylation sites is 2. The van der Waals surface area contributed by atoms with E-state index in [9.17, 15) is 0 Å². The lowest BCUT2D eigenvalue weighted by molar-refractivity contribution is 0.151. The number of rotatable bonds is 3. The van der Waals surface area contributed by atoms with Crippen molar-refractivity contribution in [3.63, 3.8) is 0 Å². The van der Waals surface area contributed by atoms with Crippen LogP contribution >= 0.6 is 0 Å². The Hall–Kier alpha value is -1.39. The van der Waals surface area contributed by atoms with E-state index in [-0.39, 0.29) is 0 Å². The van der Waals surface area contributed by atoms with Crippen molar-refractivity contribution in [3.8, 4) is 0 Å². The summed E-state index contributed by atoms with van der Waals surface area (Å²) in [5, 5.41) is 0. The number of hydrogen-bond acceptors (Lipinski definition) is 3. The fourth-order valence-electron chi connectivity index (χ4n) is 4.00. The van der Waals surface area contributed by atoms with E-state index in [4.69, 9.17) is 9.72 Å². The Morgan fingerprint density at radius 1 is 1.18 bits per heavy atom. The molecular formula is C18H25N3O. The molecule has 0 spiro atoms. The van der Waals surface area contributed by atoms with E-state index in [0.717, 1.165) is 24.6 Å². The summed E-state index contributed by atoms with van der Waals surface area (Å²) in [5.41, 5.74) is 2.38. The van der Waals surface area contributed by atoms with Gasteiger partial charge in [-0.1, -0.05) is 12.1 Å². The van der Waals surface area contributed by atoms with E-state index in [0.29, 0.717) is 5.92 Å². The highest BCUT2D eigenvalue weighted by molar-refractivity contribution is 5.75. The molecule has 0 amide bonds. The molecule has 2 aliphatic rings. The quantitative estimate of drug-likeness (QED) is 0.873. The van der Waals surface area contributed by atoms with Crippen molar-refractivity contribution in [3.05, 3.63) is 30.1 Å². The van der Waals surface area contributed by atoms with Crippen LogP contribution in [-0.4, -0.2) is 47.3 Å². The Morgan fingerprint density at radius 3 is 2.73 bits per heavy atom. The summed E-state index contributed by atoms with van der Waals surface area (Å²) in [7, 11) is 2.16. The SMILES string of the molecule is Cn1c(C2CCN(C[C@H]3CCOC3)CC2)nc2ccccc21. The lowest BCUT2D eigenvalue weighted by Crippen LogP contribution is -2.37. The number of fused-ring (bicyclic) bond motifs is 1. The zero-order valence-corrected chi connectivity index (χ0v) is 13.4. The Labute approximate surface area is 132 Å². The lowest BCUT2D eigenvalue weighted by atomic mass is 9.95. The van der Waals surface area contributed by atoms with Crippen LogP contribution in [-0.2, 0) is 11.8 Å². The molecule has 22 heavy (non-hydrogen) atoms. The van der Waals surface area contributed by atoms with Gasteiger partial charge in [-0.15, -0.1) is 0 Å². The van der Waals surface area contributed by atoms with E-state index < -0.39 is 0 Å². The second-order valence-electron chi connectivity index (χ2n) is 6.82. The molecule has 4 nitrogen and oxygen atoms in total. The largest absolute Gasteiger partial charge is 0.381 e. The summed E-state index contributed by atoms with van der Waals surface area (Å²) in [6.45, 7) is 5.54. The van der Waals surface area contributed by atoms with E-state index in [2.05, 4.69) is 40.8 Å². The van der Waals surface area contributed by atoms with Crippen LogP contribution in [0.15, 0.2) is 24.3 Å². The average molecular weight is 299 g/mol. The predicted octanol–water partition coefficient (Wildman–Crippen LogP) is 2.79. The fourth-order valence-corrected chi connectivity index (χ4v) is 4.00. The van der Waals surface area contributed by atoms with Gasteiger partial charge in [0.1, 0.15) is 5.82 Å². The van der Waals surface area contributed by atoms with Crippen LogP contribution in [0.4, 0.5) is 0 Å². The van der Waals surface area contributed by atoms with E-state index in [1.807, 2.05) is 0 Å². The number of benzene rings is 1. The first-order valence-electron chi connectivity index (χ1n) is 8.52. The summed E-state index contributed by atoms with van der Waals surface area (Å²) < 4.78 is 7.79. The Kier molecular flexibility index (Phi) is 3.89. The minimum absolute atomic E-state index is 0.605. The minimum Gasteiger partial charge on any atom is -0.381 e. The molecular weight excluding hydrogens is 274 g/mol. The average Bonchev–Trinajstić information content (AvgIpc) is 3.17. The number of nitrogens with zero attached hydrogens (tertiary/aromatic N) is 3. The lowest BCUT2D eigenvalue weighted by Gasteiger charge is -2.33. The van der Waals surface area contributed by atoms with Crippen LogP contribution in [0, 0.1) is 5.92 Å². The normalized spacial score (nSPS) is 24.3. The Balaban J connectivity index is 1.43. The van der Waals surface area contributed by atoms with Crippen molar-refractivity contribution in [2.45, 2.75) is 25.2 Å². The van der Waals surface area contributed by atoms with Gasteiger partial charge >= 0.3 is 0 Å². The minimum atomic E-state index is 0.605. The van der Waals surface area contributed by atoms with Crippen molar-refractivity contribution in [2.75, 3.05) is 32.8 Å². The van der Waals surface area contributed by atoms with Gasteiger partial charge in [0.25, 0.3) is 0 Å². The molecule has 2 aliphatic heterocycles. The van der Waals surface area contributed by atoms with Gasteiger partial charge in [0, 0.05) is 26.1 Å². The van der Waals surface area contributed by atoms with Gasteiger partial charge in [-0.05, 0) is 50.4 Å². The highest BCUT2D eigenvalue weighted by Gasteiger charge is 2.26. The van der Waals surface area contributed by atoms with E-state index >= 15 is 0 Å². The first-order chi connectivity index (χ1) is 10.8. The molecule has 0 saturated carbocycles. The van der Waals surface area contributed by atoms with Gasteiger partial charge in [0.05, 0.1) is 17.6 Å². The molecule has 1 aromatic carbocycles. The summed E-state index contributed by atoms with van der Waals surface area (Å²) in [5.74, 6) is 2.63. The van der Waals surface area contributed by atoms with Crippen molar-refractivity contribution >= 4 is 11.0 Å². The van der Waals surface area contributed by atoms with Crippen LogP contribution in [0.1, 0.15) is 31.0 Å². The maximum absolute atomic E-state index is 5.50. The van der Waals surface area contributed by atoms with Crippen molar-refractivity contribution < 1.29 is 4.74 Å². The van der Waals surface area contributed by atoms with Crippen molar-refractivity contribution in [1.29, 1.82) is 0 Å². The number of aromatic nitrogens is 2. The molecule has 0 N–H and O–H groups in total. The molecule has 2 fully saturated rings.